The second-order valence-electron chi connectivity index (χ2n) is 12.8. The average Bonchev–Trinajstić information content (AvgIpc) is 3.73. The average molecular weight is 639 g/mol. The SMILES string of the molecule is CC1(C=C(C#N)C(=O)N2CCC[C@@H]2Cn2c(NC(=O)c3ccc(C(F)F)s3)nc3cc(CNCC4(C)COC4)ccc32)COC1. The third-order valence-corrected chi connectivity index (χ3v) is 9.72. The molecular weight excluding hydrogens is 602 g/mol. The Kier molecular flexibility index (Phi) is 8.76. The van der Waals surface area contributed by atoms with E-state index in [-0.39, 0.29) is 44.1 Å². The van der Waals surface area contributed by atoms with Gasteiger partial charge in [0.2, 0.25) is 5.95 Å². The first-order valence-electron chi connectivity index (χ1n) is 15.0. The van der Waals surface area contributed by atoms with Gasteiger partial charge in [0.25, 0.3) is 18.2 Å². The van der Waals surface area contributed by atoms with Gasteiger partial charge in [-0.15, -0.1) is 11.3 Å². The van der Waals surface area contributed by atoms with Crippen LogP contribution < -0.4 is 10.6 Å². The zero-order valence-corrected chi connectivity index (χ0v) is 26.1. The smallest absolute Gasteiger partial charge is 0.272 e. The molecule has 5 heterocycles. The van der Waals surface area contributed by atoms with Crippen molar-refractivity contribution < 1.29 is 27.8 Å². The van der Waals surface area contributed by atoms with Crippen LogP contribution in [-0.4, -0.2) is 71.8 Å². The van der Waals surface area contributed by atoms with E-state index >= 15 is 0 Å². The first-order valence-corrected chi connectivity index (χ1v) is 15.9. The molecule has 2 N–H and O–H groups in total. The molecule has 3 aliphatic rings. The van der Waals surface area contributed by atoms with Crippen molar-refractivity contribution in [2.24, 2.45) is 10.8 Å². The molecule has 0 saturated carbocycles. The first-order chi connectivity index (χ1) is 21.6. The Morgan fingerprint density at radius 3 is 2.62 bits per heavy atom. The van der Waals surface area contributed by atoms with Gasteiger partial charge in [-0.05, 0) is 42.7 Å². The molecule has 0 bridgehead atoms. The molecule has 45 heavy (non-hydrogen) atoms. The molecule has 3 fully saturated rings. The molecular formula is C32H36F2N6O4S. The van der Waals surface area contributed by atoms with Gasteiger partial charge in [0.1, 0.15) is 11.6 Å². The van der Waals surface area contributed by atoms with Gasteiger partial charge < -0.3 is 24.3 Å². The maximum absolute atomic E-state index is 13.6. The molecule has 3 aliphatic heterocycles. The summed E-state index contributed by atoms with van der Waals surface area (Å²) < 4.78 is 38.9. The minimum Gasteiger partial charge on any atom is -0.380 e. The van der Waals surface area contributed by atoms with Crippen LogP contribution in [0.3, 0.4) is 0 Å². The minimum atomic E-state index is -2.66. The van der Waals surface area contributed by atoms with Crippen LogP contribution in [0.25, 0.3) is 11.0 Å². The maximum Gasteiger partial charge on any atom is 0.272 e. The molecule has 1 aromatic carbocycles. The summed E-state index contributed by atoms with van der Waals surface area (Å²) in [5, 5.41) is 16.2. The quantitative estimate of drug-likeness (QED) is 0.227. The summed E-state index contributed by atoms with van der Waals surface area (Å²) in [4.78, 5) is 33.2. The molecule has 13 heteroatoms. The van der Waals surface area contributed by atoms with E-state index in [9.17, 15) is 23.6 Å². The van der Waals surface area contributed by atoms with E-state index in [0.29, 0.717) is 44.8 Å². The van der Waals surface area contributed by atoms with Crippen LogP contribution in [0.2, 0.25) is 0 Å². The lowest BCUT2D eigenvalue weighted by atomic mass is 9.86. The van der Waals surface area contributed by atoms with Gasteiger partial charge in [-0.25, -0.2) is 13.8 Å². The number of nitriles is 1. The Bertz CT molecular complexity index is 1670. The maximum atomic E-state index is 13.6. The fourth-order valence-corrected chi connectivity index (χ4v) is 6.80. The fraction of sp³-hybridized carbons (Fsp3) is 0.500. The number of halogens is 2. The number of imidazole rings is 1. The van der Waals surface area contributed by atoms with Crippen molar-refractivity contribution in [3.8, 4) is 6.07 Å². The number of thiophene rings is 1. The monoisotopic (exact) mass is 638 g/mol. The number of hydrogen-bond acceptors (Lipinski definition) is 8. The van der Waals surface area contributed by atoms with Gasteiger partial charge in [0, 0.05) is 37.0 Å². The van der Waals surface area contributed by atoms with E-state index in [1.54, 1.807) is 11.0 Å². The van der Waals surface area contributed by atoms with Crippen LogP contribution in [-0.2, 0) is 27.4 Å². The van der Waals surface area contributed by atoms with E-state index in [1.165, 1.54) is 12.1 Å². The third kappa shape index (κ3) is 6.65. The zero-order valence-electron chi connectivity index (χ0n) is 25.3. The second kappa shape index (κ2) is 12.6. The molecule has 2 aromatic heterocycles. The summed E-state index contributed by atoms with van der Waals surface area (Å²) >= 11 is 0.740. The molecule has 2 amide bonds. The normalized spacial score (nSPS) is 20.6. The highest BCUT2D eigenvalue weighted by Gasteiger charge is 2.36. The zero-order chi connectivity index (χ0) is 31.8. The first kappa shape index (κ1) is 31.3. The van der Waals surface area contributed by atoms with Gasteiger partial charge >= 0.3 is 0 Å². The minimum absolute atomic E-state index is 0.101. The Morgan fingerprint density at radius 1 is 1.20 bits per heavy atom. The summed E-state index contributed by atoms with van der Waals surface area (Å²) in [5.74, 6) is -0.591. The van der Waals surface area contributed by atoms with Crippen molar-refractivity contribution in [3.05, 3.63) is 57.3 Å². The molecule has 6 rings (SSSR count). The van der Waals surface area contributed by atoms with Crippen LogP contribution in [0.1, 0.15) is 53.2 Å². The van der Waals surface area contributed by atoms with Gasteiger partial charge in [-0.2, -0.15) is 5.26 Å². The Morgan fingerprint density at radius 2 is 1.98 bits per heavy atom. The number of nitrogens with one attached hydrogen (secondary N) is 2. The molecule has 3 aromatic rings. The molecule has 0 aliphatic carbocycles. The number of nitrogens with zero attached hydrogens (tertiary/aromatic N) is 4. The van der Waals surface area contributed by atoms with Crippen LogP contribution in [0.4, 0.5) is 14.7 Å². The summed E-state index contributed by atoms with van der Waals surface area (Å²) in [5.41, 5.74) is 2.34. The summed E-state index contributed by atoms with van der Waals surface area (Å²) in [7, 11) is 0. The van der Waals surface area contributed by atoms with Crippen molar-refractivity contribution in [1.29, 1.82) is 5.26 Å². The second-order valence-corrected chi connectivity index (χ2v) is 14.0. The Balaban J connectivity index is 1.26. The van der Waals surface area contributed by atoms with Crippen LogP contribution in [0.15, 0.2) is 42.0 Å². The van der Waals surface area contributed by atoms with Gasteiger partial charge in [0.05, 0.1) is 53.3 Å². The number of carbonyl (C=O) groups is 2. The predicted molar refractivity (Wildman–Crippen MR) is 165 cm³/mol. The number of likely N-dealkylation sites (tertiary alicyclic amines) is 1. The van der Waals surface area contributed by atoms with E-state index in [0.717, 1.165) is 48.6 Å². The third-order valence-electron chi connectivity index (χ3n) is 8.62. The Labute approximate surface area is 264 Å². The highest BCUT2D eigenvalue weighted by molar-refractivity contribution is 7.14. The topological polar surface area (TPSA) is 122 Å². The van der Waals surface area contributed by atoms with E-state index in [1.807, 2.05) is 29.7 Å². The number of amides is 2. The van der Waals surface area contributed by atoms with Gasteiger partial charge in [-0.1, -0.05) is 26.0 Å². The highest BCUT2D eigenvalue weighted by Crippen LogP contribution is 2.32. The number of rotatable bonds is 11. The lowest BCUT2D eigenvalue weighted by Gasteiger charge is -2.38. The van der Waals surface area contributed by atoms with Crippen molar-refractivity contribution >= 4 is 40.1 Å². The van der Waals surface area contributed by atoms with Crippen molar-refractivity contribution in [1.82, 2.24) is 19.8 Å². The van der Waals surface area contributed by atoms with Crippen molar-refractivity contribution in [2.75, 3.05) is 44.8 Å². The molecule has 10 nitrogen and oxygen atoms in total. The summed E-state index contributed by atoms with van der Waals surface area (Å²) in [6.45, 7) is 8.82. The molecule has 0 radical (unpaired) electrons. The fourth-order valence-electron chi connectivity index (χ4n) is 6.04. The van der Waals surface area contributed by atoms with Crippen molar-refractivity contribution in [3.63, 3.8) is 0 Å². The number of carbonyl (C=O) groups excluding carboxylic acids is 2. The molecule has 3 saturated heterocycles. The Hall–Kier alpha value is -3.70. The number of anilines is 1. The summed E-state index contributed by atoms with van der Waals surface area (Å²) in [6, 6.07) is 10.4. The van der Waals surface area contributed by atoms with Crippen molar-refractivity contribution in [2.45, 2.75) is 52.2 Å². The van der Waals surface area contributed by atoms with Crippen LogP contribution in [0, 0.1) is 22.2 Å². The van der Waals surface area contributed by atoms with Crippen LogP contribution in [0.5, 0.6) is 0 Å². The van der Waals surface area contributed by atoms with E-state index in [4.69, 9.17) is 14.5 Å². The largest absolute Gasteiger partial charge is 0.380 e. The number of hydrogen-bond donors (Lipinski definition) is 2. The lowest BCUT2D eigenvalue weighted by Crippen LogP contribution is -2.47. The number of benzene rings is 1. The predicted octanol–water partition coefficient (Wildman–Crippen LogP) is 4.89. The standard InChI is InChI=1S/C32H36F2N6O4S/c1-31(16-43-17-31)11-21(12-35)29(42)39-9-3-4-22(39)14-40-24-6-5-20(13-36-15-32(2)18-44-19-32)10-23(24)37-30(40)38-28(41)26-8-7-25(45-26)27(33)34/h5-8,10-11,22,27,36H,3-4,9,13-19H2,1-2H3,(H,37,38,41)/t22-/m1/s1. The number of alkyl halides is 2. The van der Waals surface area contributed by atoms with Gasteiger partial charge in [-0.3, -0.25) is 14.9 Å². The number of fused-ring (bicyclic) bond motifs is 1. The molecule has 0 unspecified atom stereocenters. The lowest BCUT2D eigenvalue weighted by molar-refractivity contribution is -0.128. The highest BCUT2D eigenvalue weighted by atomic mass is 32.1. The van der Waals surface area contributed by atoms with E-state index in [2.05, 4.69) is 23.6 Å². The number of aromatic nitrogens is 2. The van der Waals surface area contributed by atoms with Crippen LogP contribution >= 0.6 is 11.3 Å². The molecule has 0 spiro atoms. The number of ether oxygens (including phenoxy) is 2. The van der Waals surface area contributed by atoms with E-state index < -0.39 is 12.3 Å². The molecule has 238 valence electrons. The molecule has 1 atom stereocenters. The van der Waals surface area contributed by atoms with Gasteiger partial charge in [0.15, 0.2) is 0 Å². The summed E-state index contributed by atoms with van der Waals surface area (Å²) in [6.07, 6.45) is 0.542.